The summed E-state index contributed by atoms with van der Waals surface area (Å²) in [4.78, 5) is 14.3. The first-order chi connectivity index (χ1) is 8.49. The molecule has 1 unspecified atom stereocenters. The number of nitrogens with zero attached hydrogens (tertiary/aromatic N) is 1. The molecule has 1 aliphatic heterocycles. The number of likely N-dealkylation sites (tertiary alicyclic amines) is 1. The molecule has 1 aliphatic rings. The highest BCUT2D eigenvalue weighted by molar-refractivity contribution is 5.85. The van der Waals surface area contributed by atoms with E-state index in [4.69, 9.17) is 5.73 Å². The fourth-order valence-corrected chi connectivity index (χ4v) is 2.54. The Morgan fingerprint density at radius 1 is 1.15 bits per heavy atom. The van der Waals surface area contributed by atoms with Gasteiger partial charge in [0.2, 0.25) is 5.91 Å². The molecule has 1 amide bonds. The van der Waals surface area contributed by atoms with Crippen LogP contribution in [-0.4, -0.2) is 42.5 Å². The van der Waals surface area contributed by atoms with Gasteiger partial charge in [-0.15, -0.1) is 24.8 Å². The number of halogens is 2. The SMILES string of the molecule is CC(C)C[C@H](N)C(=O)NC(C)CN1CCCCC1.Cl.Cl. The minimum atomic E-state index is -0.367. The molecule has 0 aromatic carbocycles. The molecule has 1 saturated heterocycles. The van der Waals surface area contributed by atoms with E-state index < -0.39 is 0 Å². The summed E-state index contributed by atoms with van der Waals surface area (Å²) in [5.41, 5.74) is 5.87. The molecular weight excluding hydrogens is 297 g/mol. The maximum Gasteiger partial charge on any atom is 0.237 e. The highest BCUT2D eigenvalue weighted by Crippen LogP contribution is 2.09. The quantitative estimate of drug-likeness (QED) is 0.786. The van der Waals surface area contributed by atoms with Crippen molar-refractivity contribution in [1.82, 2.24) is 10.2 Å². The molecule has 0 aromatic rings. The van der Waals surface area contributed by atoms with Crippen LogP contribution >= 0.6 is 24.8 Å². The Morgan fingerprint density at radius 3 is 2.20 bits per heavy atom. The molecule has 4 nitrogen and oxygen atoms in total. The number of hydrogen-bond donors (Lipinski definition) is 2. The molecule has 2 atom stereocenters. The largest absolute Gasteiger partial charge is 0.351 e. The standard InChI is InChI=1S/C14H29N3O.2ClH/c1-11(2)9-13(15)14(18)16-12(3)10-17-7-5-4-6-8-17;;/h11-13H,4-10,15H2,1-3H3,(H,16,18);2*1H/t12?,13-;;/m0../s1. The van der Waals surface area contributed by atoms with Crippen LogP contribution in [0.4, 0.5) is 0 Å². The molecule has 1 fully saturated rings. The smallest absolute Gasteiger partial charge is 0.237 e. The summed E-state index contributed by atoms with van der Waals surface area (Å²) in [7, 11) is 0. The molecule has 1 rings (SSSR count). The topological polar surface area (TPSA) is 58.4 Å². The van der Waals surface area contributed by atoms with E-state index in [2.05, 4.69) is 31.0 Å². The fourth-order valence-electron chi connectivity index (χ4n) is 2.54. The summed E-state index contributed by atoms with van der Waals surface area (Å²) < 4.78 is 0. The molecule has 6 heteroatoms. The molecule has 122 valence electrons. The number of hydrogen-bond acceptors (Lipinski definition) is 3. The van der Waals surface area contributed by atoms with Crippen LogP contribution in [0.3, 0.4) is 0 Å². The Balaban J connectivity index is 0. The number of rotatable bonds is 6. The number of amides is 1. The van der Waals surface area contributed by atoms with Gasteiger partial charge in [0.15, 0.2) is 0 Å². The van der Waals surface area contributed by atoms with Gasteiger partial charge in [-0.3, -0.25) is 4.79 Å². The summed E-state index contributed by atoms with van der Waals surface area (Å²) >= 11 is 0. The third-order valence-corrected chi connectivity index (χ3v) is 3.43. The fraction of sp³-hybridized carbons (Fsp3) is 0.929. The Morgan fingerprint density at radius 2 is 1.70 bits per heavy atom. The zero-order valence-corrected chi connectivity index (χ0v) is 14.6. The van der Waals surface area contributed by atoms with Crippen LogP contribution in [0, 0.1) is 5.92 Å². The van der Waals surface area contributed by atoms with E-state index in [1.54, 1.807) is 0 Å². The summed E-state index contributed by atoms with van der Waals surface area (Å²) in [6, 6.07) is -0.178. The predicted octanol–water partition coefficient (Wildman–Crippen LogP) is 2.19. The van der Waals surface area contributed by atoms with Crippen LogP contribution in [-0.2, 0) is 4.79 Å². The van der Waals surface area contributed by atoms with Crippen LogP contribution in [0.2, 0.25) is 0 Å². The van der Waals surface area contributed by atoms with Crippen molar-refractivity contribution in [2.24, 2.45) is 11.7 Å². The van der Waals surface area contributed by atoms with E-state index in [1.165, 1.54) is 19.3 Å². The minimum Gasteiger partial charge on any atom is -0.351 e. The zero-order chi connectivity index (χ0) is 13.5. The van der Waals surface area contributed by atoms with E-state index in [1.807, 2.05) is 0 Å². The van der Waals surface area contributed by atoms with Gasteiger partial charge < -0.3 is 16.0 Å². The van der Waals surface area contributed by atoms with Gasteiger partial charge in [0.05, 0.1) is 6.04 Å². The van der Waals surface area contributed by atoms with Crippen molar-refractivity contribution in [2.75, 3.05) is 19.6 Å². The van der Waals surface area contributed by atoms with Crippen molar-refractivity contribution >= 4 is 30.7 Å². The van der Waals surface area contributed by atoms with E-state index >= 15 is 0 Å². The Kier molecular flexibility index (Phi) is 12.9. The van der Waals surface area contributed by atoms with E-state index in [-0.39, 0.29) is 42.8 Å². The van der Waals surface area contributed by atoms with Crippen LogP contribution < -0.4 is 11.1 Å². The second-order valence-corrected chi connectivity index (χ2v) is 6.01. The van der Waals surface area contributed by atoms with Crippen molar-refractivity contribution < 1.29 is 4.79 Å². The van der Waals surface area contributed by atoms with Gasteiger partial charge in [0.25, 0.3) is 0 Å². The van der Waals surface area contributed by atoms with Crippen molar-refractivity contribution in [1.29, 1.82) is 0 Å². The molecule has 0 spiro atoms. The van der Waals surface area contributed by atoms with Gasteiger partial charge in [0, 0.05) is 12.6 Å². The molecule has 0 bridgehead atoms. The van der Waals surface area contributed by atoms with Crippen LogP contribution in [0.1, 0.15) is 46.5 Å². The van der Waals surface area contributed by atoms with Crippen molar-refractivity contribution in [2.45, 2.75) is 58.5 Å². The van der Waals surface area contributed by atoms with Crippen molar-refractivity contribution in [3.63, 3.8) is 0 Å². The molecule has 3 N–H and O–H groups in total. The van der Waals surface area contributed by atoms with Crippen molar-refractivity contribution in [3.05, 3.63) is 0 Å². The molecular formula is C14H31Cl2N3O. The second kappa shape index (κ2) is 11.6. The maximum absolute atomic E-state index is 11.9. The van der Waals surface area contributed by atoms with Gasteiger partial charge in [-0.05, 0) is 45.2 Å². The first kappa shape index (κ1) is 22.3. The maximum atomic E-state index is 11.9. The van der Waals surface area contributed by atoms with Crippen LogP contribution in [0.15, 0.2) is 0 Å². The molecule has 0 saturated carbocycles. The number of carbonyl (C=O) groups is 1. The van der Waals surface area contributed by atoms with Gasteiger partial charge in [0.1, 0.15) is 0 Å². The third kappa shape index (κ3) is 9.01. The van der Waals surface area contributed by atoms with E-state index in [0.29, 0.717) is 5.92 Å². The molecule has 0 radical (unpaired) electrons. The molecule has 0 aromatic heterocycles. The van der Waals surface area contributed by atoms with Gasteiger partial charge in [-0.2, -0.15) is 0 Å². The summed E-state index contributed by atoms with van der Waals surface area (Å²) in [6.45, 7) is 9.51. The lowest BCUT2D eigenvalue weighted by Crippen LogP contribution is -2.49. The highest BCUT2D eigenvalue weighted by Gasteiger charge is 2.19. The Hall–Kier alpha value is -0.0300. The molecule has 0 aliphatic carbocycles. The van der Waals surface area contributed by atoms with Gasteiger partial charge in [-0.25, -0.2) is 0 Å². The predicted molar refractivity (Wildman–Crippen MR) is 89.8 cm³/mol. The summed E-state index contributed by atoms with van der Waals surface area (Å²) in [6.07, 6.45) is 4.67. The number of nitrogens with two attached hydrogens (primary N) is 1. The zero-order valence-electron chi connectivity index (χ0n) is 12.9. The Labute approximate surface area is 136 Å². The number of piperidine rings is 1. The molecule has 20 heavy (non-hydrogen) atoms. The first-order valence-electron chi connectivity index (χ1n) is 7.27. The van der Waals surface area contributed by atoms with Gasteiger partial charge >= 0.3 is 0 Å². The minimum absolute atomic E-state index is 0. The number of carbonyl (C=O) groups excluding carboxylic acids is 1. The third-order valence-electron chi connectivity index (χ3n) is 3.43. The average Bonchev–Trinajstić information content (AvgIpc) is 2.29. The summed E-state index contributed by atoms with van der Waals surface area (Å²) in [5.74, 6) is 0.455. The van der Waals surface area contributed by atoms with Gasteiger partial charge in [-0.1, -0.05) is 20.3 Å². The monoisotopic (exact) mass is 327 g/mol. The second-order valence-electron chi connectivity index (χ2n) is 6.01. The van der Waals surface area contributed by atoms with E-state index in [0.717, 1.165) is 26.1 Å². The normalized spacial score (nSPS) is 18.6. The van der Waals surface area contributed by atoms with Crippen LogP contribution in [0.25, 0.3) is 0 Å². The first-order valence-corrected chi connectivity index (χ1v) is 7.27. The highest BCUT2D eigenvalue weighted by atomic mass is 35.5. The lowest BCUT2D eigenvalue weighted by molar-refractivity contribution is -0.123. The van der Waals surface area contributed by atoms with Crippen molar-refractivity contribution in [3.8, 4) is 0 Å². The van der Waals surface area contributed by atoms with Crippen LogP contribution in [0.5, 0.6) is 0 Å². The lowest BCUT2D eigenvalue weighted by Gasteiger charge is -2.29. The number of nitrogens with one attached hydrogen (secondary N) is 1. The Bertz CT molecular complexity index is 259. The van der Waals surface area contributed by atoms with E-state index in [9.17, 15) is 4.79 Å². The average molecular weight is 328 g/mol. The molecule has 1 heterocycles. The summed E-state index contributed by atoms with van der Waals surface area (Å²) in [5, 5.41) is 3.03. The lowest BCUT2D eigenvalue weighted by atomic mass is 10.0.